The zero-order valence-electron chi connectivity index (χ0n) is 13.5. The second-order valence-corrected chi connectivity index (χ2v) is 5.81. The molecule has 24 heavy (non-hydrogen) atoms. The van der Waals surface area contributed by atoms with Crippen LogP contribution in [0.15, 0.2) is 48.8 Å². The molecule has 0 fully saturated rings. The number of carbonyl (C=O) groups excluding carboxylic acids is 2. The molecule has 126 valence electrons. The molecule has 0 aliphatic heterocycles. The van der Waals surface area contributed by atoms with E-state index in [0.717, 1.165) is 5.56 Å². The number of anilines is 1. The minimum absolute atomic E-state index is 0.145. The summed E-state index contributed by atoms with van der Waals surface area (Å²) >= 11 is 6.22. The molecule has 2 aromatic rings. The van der Waals surface area contributed by atoms with Crippen molar-refractivity contribution < 1.29 is 9.59 Å². The first-order valence-corrected chi connectivity index (χ1v) is 7.77. The molecule has 0 unspecified atom stereocenters. The zero-order valence-corrected chi connectivity index (χ0v) is 14.2. The summed E-state index contributed by atoms with van der Waals surface area (Å²) in [6, 6.07) is 10.6. The van der Waals surface area contributed by atoms with Crippen LogP contribution < -0.4 is 10.6 Å². The van der Waals surface area contributed by atoms with E-state index in [9.17, 15) is 9.59 Å². The quantitative estimate of drug-likeness (QED) is 0.813. The highest BCUT2D eigenvalue weighted by Crippen LogP contribution is 2.25. The van der Waals surface area contributed by atoms with Crippen molar-refractivity contribution >= 4 is 29.1 Å². The van der Waals surface area contributed by atoms with E-state index in [2.05, 4.69) is 15.6 Å². The van der Waals surface area contributed by atoms with Crippen molar-refractivity contribution in [2.24, 2.45) is 0 Å². The number of amides is 2. The van der Waals surface area contributed by atoms with Gasteiger partial charge in [0.1, 0.15) is 0 Å². The fourth-order valence-corrected chi connectivity index (χ4v) is 2.47. The molecule has 2 amide bonds. The summed E-state index contributed by atoms with van der Waals surface area (Å²) in [5.41, 5.74) is 1.35. The predicted octanol–water partition coefficient (Wildman–Crippen LogP) is 2.09. The fraction of sp³-hybridized carbons (Fsp3) is 0.235. The summed E-state index contributed by atoms with van der Waals surface area (Å²) in [6.45, 7) is 0.260. The van der Waals surface area contributed by atoms with Crippen LogP contribution in [0.25, 0.3) is 0 Å². The summed E-state index contributed by atoms with van der Waals surface area (Å²) in [6.07, 6.45) is 3.05. The van der Waals surface area contributed by atoms with E-state index in [1.54, 1.807) is 24.4 Å². The van der Waals surface area contributed by atoms with Crippen molar-refractivity contribution in [3.05, 3.63) is 59.4 Å². The number of carbonyl (C=O) groups is 2. The van der Waals surface area contributed by atoms with Gasteiger partial charge in [-0.15, -0.1) is 0 Å². The number of hydrogen-bond donors (Lipinski definition) is 2. The van der Waals surface area contributed by atoms with Crippen LogP contribution in [0.4, 0.5) is 5.69 Å². The Balaban J connectivity index is 1.98. The Labute approximate surface area is 145 Å². The van der Waals surface area contributed by atoms with Crippen molar-refractivity contribution in [2.45, 2.75) is 6.04 Å². The van der Waals surface area contributed by atoms with Crippen LogP contribution in [0.2, 0.25) is 5.02 Å². The molecule has 6 nitrogen and oxygen atoms in total. The van der Waals surface area contributed by atoms with Crippen molar-refractivity contribution in [1.29, 1.82) is 0 Å². The Kier molecular flexibility index (Phi) is 6.28. The summed E-state index contributed by atoms with van der Waals surface area (Å²) in [4.78, 5) is 29.7. The number of likely N-dealkylation sites (N-methyl/N-ethyl adjacent to an activating group) is 1. The highest BCUT2D eigenvalue weighted by Gasteiger charge is 2.20. The lowest BCUT2D eigenvalue weighted by atomic mass is 10.1. The molecule has 0 spiro atoms. The van der Waals surface area contributed by atoms with Gasteiger partial charge < -0.3 is 15.5 Å². The number of nitrogens with zero attached hydrogens (tertiary/aromatic N) is 2. The van der Waals surface area contributed by atoms with E-state index in [1.165, 1.54) is 6.20 Å². The molecule has 1 aromatic heterocycles. The van der Waals surface area contributed by atoms with Crippen LogP contribution in [0, 0.1) is 0 Å². The van der Waals surface area contributed by atoms with Crippen LogP contribution in [0.1, 0.15) is 11.6 Å². The second kappa shape index (κ2) is 8.42. The summed E-state index contributed by atoms with van der Waals surface area (Å²) < 4.78 is 0. The maximum Gasteiger partial charge on any atom is 0.313 e. The summed E-state index contributed by atoms with van der Waals surface area (Å²) in [5.74, 6) is -1.45. The zero-order chi connectivity index (χ0) is 17.5. The summed E-state index contributed by atoms with van der Waals surface area (Å²) in [5, 5.41) is 5.75. The minimum atomic E-state index is -0.736. The summed E-state index contributed by atoms with van der Waals surface area (Å²) in [7, 11) is 3.77. The van der Waals surface area contributed by atoms with Gasteiger partial charge in [-0.25, -0.2) is 0 Å². The molecule has 1 atom stereocenters. The number of halogens is 1. The molecule has 0 aliphatic carbocycles. The number of hydrogen-bond acceptors (Lipinski definition) is 4. The van der Waals surface area contributed by atoms with Crippen molar-refractivity contribution in [2.75, 3.05) is 26.0 Å². The molecule has 7 heteroatoms. The third-order valence-corrected chi connectivity index (χ3v) is 3.81. The first kappa shape index (κ1) is 17.9. The van der Waals surface area contributed by atoms with Gasteiger partial charge in [-0.2, -0.15) is 0 Å². The average molecular weight is 347 g/mol. The van der Waals surface area contributed by atoms with Crippen molar-refractivity contribution in [3.63, 3.8) is 0 Å². The standard InChI is InChI=1S/C17H19ClN4O2/c1-22(2)15(13-7-3-4-8-14(13)18)11-20-16(23)17(24)21-12-6-5-9-19-10-12/h3-10,15H,11H2,1-2H3,(H,20,23)(H,21,24)/t15-/m0/s1. The second-order valence-electron chi connectivity index (χ2n) is 5.41. The number of nitrogens with one attached hydrogen (secondary N) is 2. The number of pyridine rings is 1. The monoisotopic (exact) mass is 346 g/mol. The highest BCUT2D eigenvalue weighted by atomic mass is 35.5. The Morgan fingerprint density at radius 2 is 1.92 bits per heavy atom. The maximum absolute atomic E-state index is 12.0. The fourth-order valence-electron chi connectivity index (χ4n) is 2.21. The van der Waals surface area contributed by atoms with E-state index in [4.69, 9.17) is 11.6 Å². The molecule has 0 bridgehead atoms. The third-order valence-electron chi connectivity index (χ3n) is 3.47. The van der Waals surface area contributed by atoms with Gasteiger partial charge >= 0.3 is 11.8 Å². The van der Waals surface area contributed by atoms with Gasteiger partial charge in [-0.1, -0.05) is 29.8 Å². The minimum Gasteiger partial charge on any atom is -0.346 e. The topological polar surface area (TPSA) is 74.3 Å². The number of aromatic nitrogens is 1. The SMILES string of the molecule is CN(C)[C@@H](CNC(=O)C(=O)Nc1cccnc1)c1ccccc1Cl. The van der Waals surface area contributed by atoms with Crippen LogP contribution in [0.3, 0.4) is 0 Å². The molecule has 2 rings (SSSR count). The average Bonchev–Trinajstić information content (AvgIpc) is 2.57. The van der Waals surface area contributed by atoms with Gasteiger partial charge in [-0.05, 0) is 37.9 Å². The van der Waals surface area contributed by atoms with Gasteiger partial charge in [0, 0.05) is 17.8 Å². The lowest BCUT2D eigenvalue weighted by Gasteiger charge is -2.25. The molecule has 0 radical (unpaired) electrons. The maximum atomic E-state index is 12.0. The Morgan fingerprint density at radius 1 is 1.17 bits per heavy atom. The molecule has 1 heterocycles. The normalized spacial score (nSPS) is 11.8. The first-order valence-electron chi connectivity index (χ1n) is 7.39. The lowest BCUT2D eigenvalue weighted by Crippen LogP contribution is -2.40. The van der Waals surface area contributed by atoms with Gasteiger partial charge in [0.25, 0.3) is 0 Å². The van der Waals surface area contributed by atoms with E-state index in [1.807, 2.05) is 37.2 Å². The van der Waals surface area contributed by atoms with Crippen molar-refractivity contribution in [1.82, 2.24) is 15.2 Å². The third kappa shape index (κ3) is 4.78. The van der Waals surface area contributed by atoms with Gasteiger partial charge in [0.2, 0.25) is 0 Å². The molecular formula is C17H19ClN4O2. The Morgan fingerprint density at radius 3 is 2.54 bits per heavy atom. The lowest BCUT2D eigenvalue weighted by molar-refractivity contribution is -0.136. The van der Waals surface area contributed by atoms with Crippen LogP contribution in [-0.4, -0.2) is 42.3 Å². The van der Waals surface area contributed by atoms with E-state index in [-0.39, 0.29) is 12.6 Å². The smallest absolute Gasteiger partial charge is 0.313 e. The predicted molar refractivity (Wildman–Crippen MR) is 93.8 cm³/mol. The Hall–Kier alpha value is -2.44. The van der Waals surface area contributed by atoms with Crippen LogP contribution >= 0.6 is 11.6 Å². The van der Waals surface area contributed by atoms with Crippen LogP contribution in [-0.2, 0) is 9.59 Å². The van der Waals surface area contributed by atoms with Crippen molar-refractivity contribution in [3.8, 4) is 0 Å². The van der Waals surface area contributed by atoms with E-state index < -0.39 is 11.8 Å². The molecule has 0 aliphatic rings. The molecule has 1 aromatic carbocycles. The number of benzene rings is 1. The van der Waals surface area contributed by atoms with E-state index >= 15 is 0 Å². The van der Waals surface area contributed by atoms with E-state index in [0.29, 0.717) is 10.7 Å². The molecular weight excluding hydrogens is 328 g/mol. The van der Waals surface area contributed by atoms with Gasteiger partial charge in [0.05, 0.1) is 17.9 Å². The Bertz CT molecular complexity index is 707. The molecule has 2 N–H and O–H groups in total. The van der Waals surface area contributed by atoms with Crippen LogP contribution in [0.5, 0.6) is 0 Å². The van der Waals surface area contributed by atoms with Gasteiger partial charge in [-0.3, -0.25) is 14.6 Å². The first-order chi connectivity index (χ1) is 11.5. The molecule has 0 saturated heterocycles. The highest BCUT2D eigenvalue weighted by molar-refractivity contribution is 6.39. The number of rotatable bonds is 5. The van der Waals surface area contributed by atoms with Gasteiger partial charge in [0.15, 0.2) is 0 Å². The molecule has 0 saturated carbocycles. The largest absolute Gasteiger partial charge is 0.346 e.